The lowest BCUT2D eigenvalue weighted by atomic mass is 9.84. The number of anilines is 1. The number of hydrogen-bond donors (Lipinski definition) is 2. The molecule has 1 heterocycles. The summed E-state index contributed by atoms with van der Waals surface area (Å²) in [6.07, 6.45) is 4.47. The molecule has 8 heteroatoms. The van der Waals surface area contributed by atoms with Crippen molar-refractivity contribution in [3.05, 3.63) is 30.3 Å². The standard InChI is InChI=1S/C24H40N6O.HI/c1-3-29(22-11-5-4-6-12-22)15-8-13-26-24(25-2)27-14-16-28-17-19-30(20-18-28)23(31)21-9-7-10-21;/h4-6,11-12,21H,3,7-10,13-20H2,1-2H3,(H2,25,26,27);1H. The molecular formula is C24H41IN6O. The number of carbonyl (C=O) groups is 1. The van der Waals surface area contributed by atoms with Crippen LogP contribution in [0.3, 0.4) is 0 Å². The maximum atomic E-state index is 12.4. The SMILES string of the molecule is CCN(CCCNC(=NC)NCCN1CCN(C(=O)C2CCC2)CC1)c1ccccc1.I. The number of carbonyl (C=O) groups excluding carboxylic acids is 1. The number of amides is 1. The van der Waals surface area contributed by atoms with Gasteiger partial charge in [0.25, 0.3) is 0 Å². The van der Waals surface area contributed by atoms with Gasteiger partial charge in [0.2, 0.25) is 5.91 Å². The minimum Gasteiger partial charge on any atom is -0.372 e. The van der Waals surface area contributed by atoms with E-state index >= 15 is 0 Å². The third-order valence-corrected chi connectivity index (χ3v) is 6.48. The molecular weight excluding hydrogens is 515 g/mol. The van der Waals surface area contributed by atoms with Gasteiger partial charge in [0.05, 0.1) is 0 Å². The van der Waals surface area contributed by atoms with Crippen molar-refractivity contribution < 1.29 is 4.79 Å². The highest BCUT2D eigenvalue weighted by Crippen LogP contribution is 2.28. The highest BCUT2D eigenvalue weighted by atomic mass is 127. The molecule has 1 amide bonds. The molecule has 0 unspecified atom stereocenters. The molecule has 1 aliphatic carbocycles. The van der Waals surface area contributed by atoms with Crippen molar-refractivity contribution in [2.45, 2.75) is 32.6 Å². The molecule has 32 heavy (non-hydrogen) atoms. The molecule has 3 rings (SSSR count). The summed E-state index contributed by atoms with van der Waals surface area (Å²) < 4.78 is 0. The lowest BCUT2D eigenvalue weighted by molar-refractivity contribution is -0.139. The van der Waals surface area contributed by atoms with Gasteiger partial charge in [0.15, 0.2) is 5.96 Å². The van der Waals surface area contributed by atoms with Crippen LogP contribution in [-0.4, -0.2) is 87.6 Å². The van der Waals surface area contributed by atoms with Crippen molar-refractivity contribution in [3.63, 3.8) is 0 Å². The minimum absolute atomic E-state index is 0. The van der Waals surface area contributed by atoms with Gasteiger partial charge in [0.1, 0.15) is 0 Å². The number of guanidine groups is 1. The van der Waals surface area contributed by atoms with Gasteiger partial charge in [0, 0.05) is 77.6 Å². The lowest BCUT2D eigenvalue weighted by Gasteiger charge is -2.38. The van der Waals surface area contributed by atoms with Crippen LogP contribution in [0, 0.1) is 5.92 Å². The summed E-state index contributed by atoms with van der Waals surface area (Å²) in [5.74, 6) is 1.57. The van der Waals surface area contributed by atoms with E-state index in [1.54, 1.807) is 0 Å². The smallest absolute Gasteiger partial charge is 0.225 e. The number of nitrogens with zero attached hydrogens (tertiary/aromatic N) is 4. The number of nitrogens with one attached hydrogen (secondary N) is 2. The van der Waals surface area contributed by atoms with Crippen molar-refractivity contribution in [1.29, 1.82) is 0 Å². The number of para-hydroxylation sites is 1. The number of rotatable bonds is 10. The average molecular weight is 557 g/mol. The van der Waals surface area contributed by atoms with E-state index in [4.69, 9.17) is 0 Å². The van der Waals surface area contributed by atoms with Crippen LogP contribution in [0.15, 0.2) is 35.3 Å². The zero-order chi connectivity index (χ0) is 21.9. The predicted molar refractivity (Wildman–Crippen MR) is 144 cm³/mol. The lowest BCUT2D eigenvalue weighted by Crippen LogP contribution is -2.52. The van der Waals surface area contributed by atoms with Crippen molar-refractivity contribution in [1.82, 2.24) is 20.4 Å². The van der Waals surface area contributed by atoms with Crippen molar-refractivity contribution in [2.24, 2.45) is 10.9 Å². The fourth-order valence-corrected chi connectivity index (χ4v) is 4.24. The Morgan fingerprint density at radius 2 is 1.78 bits per heavy atom. The van der Waals surface area contributed by atoms with E-state index in [2.05, 4.69) is 67.6 Å². The fourth-order valence-electron chi connectivity index (χ4n) is 4.24. The molecule has 1 aromatic carbocycles. The molecule has 1 saturated heterocycles. The summed E-state index contributed by atoms with van der Waals surface area (Å²) in [4.78, 5) is 23.6. The van der Waals surface area contributed by atoms with Crippen LogP contribution < -0.4 is 15.5 Å². The van der Waals surface area contributed by atoms with Gasteiger partial charge >= 0.3 is 0 Å². The van der Waals surface area contributed by atoms with Crippen LogP contribution in [0.2, 0.25) is 0 Å². The van der Waals surface area contributed by atoms with Crippen molar-refractivity contribution in [2.75, 3.05) is 70.9 Å². The van der Waals surface area contributed by atoms with Gasteiger partial charge < -0.3 is 20.4 Å². The topological polar surface area (TPSA) is 63.2 Å². The van der Waals surface area contributed by atoms with E-state index < -0.39 is 0 Å². The van der Waals surface area contributed by atoms with Gasteiger partial charge in [-0.05, 0) is 38.3 Å². The summed E-state index contributed by atoms with van der Waals surface area (Å²) in [6, 6.07) is 10.6. The van der Waals surface area contributed by atoms with E-state index in [0.29, 0.717) is 11.8 Å². The summed E-state index contributed by atoms with van der Waals surface area (Å²) >= 11 is 0. The van der Waals surface area contributed by atoms with Crippen LogP contribution in [0.25, 0.3) is 0 Å². The molecule has 1 aliphatic heterocycles. The number of hydrogen-bond acceptors (Lipinski definition) is 4. The molecule has 0 spiro atoms. The number of piperazine rings is 1. The highest BCUT2D eigenvalue weighted by molar-refractivity contribution is 14.0. The minimum atomic E-state index is 0. The van der Waals surface area contributed by atoms with Crippen molar-refractivity contribution in [3.8, 4) is 0 Å². The van der Waals surface area contributed by atoms with Crippen LogP contribution >= 0.6 is 24.0 Å². The molecule has 2 fully saturated rings. The molecule has 0 atom stereocenters. The molecule has 1 saturated carbocycles. The maximum absolute atomic E-state index is 12.4. The zero-order valence-corrected chi connectivity index (χ0v) is 22.1. The van der Waals surface area contributed by atoms with E-state index in [-0.39, 0.29) is 24.0 Å². The fraction of sp³-hybridized carbons (Fsp3) is 0.667. The third kappa shape index (κ3) is 8.10. The second-order valence-electron chi connectivity index (χ2n) is 8.49. The Morgan fingerprint density at radius 1 is 1.09 bits per heavy atom. The Hall–Kier alpha value is -1.55. The van der Waals surface area contributed by atoms with Crippen LogP contribution in [0.1, 0.15) is 32.6 Å². The molecule has 0 radical (unpaired) electrons. The zero-order valence-electron chi connectivity index (χ0n) is 19.8. The first-order valence-electron chi connectivity index (χ1n) is 12.0. The summed E-state index contributed by atoms with van der Waals surface area (Å²) in [5.41, 5.74) is 1.28. The van der Waals surface area contributed by atoms with Crippen molar-refractivity contribution >= 4 is 41.5 Å². The van der Waals surface area contributed by atoms with E-state index in [9.17, 15) is 4.79 Å². The van der Waals surface area contributed by atoms with Crippen LogP contribution in [0.5, 0.6) is 0 Å². The maximum Gasteiger partial charge on any atom is 0.225 e. The molecule has 1 aromatic rings. The second kappa shape index (κ2) is 14.6. The summed E-state index contributed by atoms with van der Waals surface area (Å²) in [7, 11) is 1.82. The Labute approximate surface area is 211 Å². The predicted octanol–water partition coefficient (Wildman–Crippen LogP) is 2.63. The number of aliphatic imine (C=N–C) groups is 1. The number of benzene rings is 1. The molecule has 0 bridgehead atoms. The molecule has 0 aromatic heterocycles. The Bertz CT molecular complexity index is 689. The monoisotopic (exact) mass is 556 g/mol. The van der Waals surface area contributed by atoms with Crippen LogP contribution in [-0.2, 0) is 4.79 Å². The number of halogens is 1. The van der Waals surface area contributed by atoms with Gasteiger partial charge in [-0.15, -0.1) is 24.0 Å². The molecule has 2 N–H and O–H groups in total. The summed E-state index contributed by atoms with van der Waals surface area (Å²) in [5, 5.41) is 6.85. The first-order chi connectivity index (χ1) is 15.2. The van der Waals surface area contributed by atoms with Crippen LogP contribution in [0.4, 0.5) is 5.69 Å². The van der Waals surface area contributed by atoms with Gasteiger partial charge in [-0.2, -0.15) is 0 Å². The molecule has 180 valence electrons. The molecule has 7 nitrogen and oxygen atoms in total. The second-order valence-corrected chi connectivity index (χ2v) is 8.49. The molecule has 2 aliphatic rings. The third-order valence-electron chi connectivity index (χ3n) is 6.48. The highest BCUT2D eigenvalue weighted by Gasteiger charge is 2.30. The van der Waals surface area contributed by atoms with E-state index in [1.807, 2.05) is 7.05 Å². The Kier molecular flexibility index (Phi) is 12.2. The Balaban J connectivity index is 0.00000363. The van der Waals surface area contributed by atoms with Gasteiger partial charge in [-0.25, -0.2) is 0 Å². The van der Waals surface area contributed by atoms with E-state index in [1.165, 1.54) is 12.1 Å². The first kappa shape index (κ1) is 26.7. The largest absolute Gasteiger partial charge is 0.372 e. The first-order valence-corrected chi connectivity index (χ1v) is 12.0. The average Bonchev–Trinajstić information content (AvgIpc) is 2.77. The quantitative estimate of drug-likeness (QED) is 0.201. The Morgan fingerprint density at radius 3 is 2.38 bits per heavy atom. The van der Waals surface area contributed by atoms with Gasteiger partial charge in [-0.1, -0.05) is 24.6 Å². The normalized spacial score (nSPS) is 17.3. The van der Waals surface area contributed by atoms with Gasteiger partial charge in [-0.3, -0.25) is 14.7 Å². The summed E-state index contributed by atoms with van der Waals surface area (Å²) in [6.45, 7) is 10.7. The van der Waals surface area contributed by atoms with E-state index in [0.717, 1.165) is 84.1 Å².